The molecule has 0 spiro atoms. The number of hydrogen-bond donors (Lipinski definition) is 1. The maximum absolute atomic E-state index is 13.4. The van der Waals surface area contributed by atoms with Crippen molar-refractivity contribution in [2.24, 2.45) is 0 Å². The summed E-state index contributed by atoms with van der Waals surface area (Å²) in [7, 11) is -3.57. The minimum absolute atomic E-state index is 0.0113. The van der Waals surface area contributed by atoms with Gasteiger partial charge in [-0.05, 0) is 83.2 Å². The number of sulfonamides is 1. The Morgan fingerprint density at radius 2 is 1.25 bits per heavy atom. The standard InChI is InChI=1S/C21H35N3O3S/c1-13(2)22-21(25)19(8)23-9-11-24(12-10-23)28(26,27)20-17(6)15(4)14(3)16(5)18(20)7/h13,19H,9-12H2,1-8H3,(H,22,25). The summed E-state index contributed by atoms with van der Waals surface area (Å²) in [6.07, 6.45) is 0. The first-order valence-corrected chi connectivity index (χ1v) is 11.4. The summed E-state index contributed by atoms with van der Waals surface area (Å²) in [4.78, 5) is 14.8. The lowest BCUT2D eigenvalue weighted by Crippen LogP contribution is -2.55. The quantitative estimate of drug-likeness (QED) is 0.811. The fourth-order valence-corrected chi connectivity index (χ4v) is 5.87. The molecule has 1 fully saturated rings. The summed E-state index contributed by atoms with van der Waals surface area (Å²) in [6.45, 7) is 17.5. The lowest BCUT2D eigenvalue weighted by atomic mass is 9.95. The first kappa shape index (κ1) is 22.8. The van der Waals surface area contributed by atoms with Gasteiger partial charge in [-0.1, -0.05) is 0 Å². The zero-order valence-corrected chi connectivity index (χ0v) is 19.3. The Balaban J connectivity index is 2.22. The molecule has 1 saturated heterocycles. The average molecular weight is 410 g/mol. The van der Waals surface area contributed by atoms with Crippen molar-refractivity contribution in [3.63, 3.8) is 0 Å². The molecule has 1 aliphatic heterocycles. The smallest absolute Gasteiger partial charge is 0.243 e. The van der Waals surface area contributed by atoms with Crippen LogP contribution in [0.1, 0.15) is 48.6 Å². The third-order valence-corrected chi connectivity index (χ3v) is 8.33. The summed E-state index contributed by atoms with van der Waals surface area (Å²) < 4.78 is 28.4. The maximum Gasteiger partial charge on any atom is 0.243 e. The number of piperazine rings is 1. The second-order valence-corrected chi connectivity index (χ2v) is 10.1. The van der Waals surface area contributed by atoms with E-state index >= 15 is 0 Å². The largest absolute Gasteiger partial charge is 0.353 e. The first-order valence-electron chi connectivity index (χ1n) is 10.0. The van der Waals surface area contributed by atoms with Gasteiger partial charge in [0, 0.05) is 32.2 Å². The molecule has 1 unspecified atom stereocenters. The van der Waals surface area contributed by atoms with E-state index < -0.39 is 10.0 Å². The molecule has 158 valence electrons. The highest BCUT2D eigenvalue weighted by molar-refractivity contribution is 7.89. The number of hydrogen-bond acceptors (Lipinski definition) is 4. The first-order chi connectivity index (χ1) is 12.9. The molecule has 1 amide bonds. The van der Waals surface area contributed by atoms with Gasteiger partial charge in [0.1, 0.15) is 0 Å². The van der Waals surface area contributed by atoms with Gasteiger partial charge in [0.05, 0.1) is 10.9 Å². The van der Waals surface area contributed by atoms with Crippen LogP contribution in [0.5, 0.6) is 0 Å². The van der Waals surface area contributed by atoms with E-state index in [1.165, 1.54) is 0 Å². The second-order valence-electron chi connectivity index (χ2n) is 8.23. The topological polar surface area (TPSA) is 69.7 Å². The third kappa shape index (κ3) is 4.26. The minimum Gasteiger partial charge on any atom is -0.353 e. The minimum atomic E-state index is -3.57. The van der Waals surface area contributed by atoms with Crippen LogP contribution in [-0.2, 0) is 14.8 Å². The van der Waals surface area contributed by atoms with E-state index in [0.29, 0.717) is 31.1 Å². The van der Waals surface area contributed by atoms with Gasteiger partial charge in [-0.25, -0.2) is 8.42 Å². The van der Waals surface area contributed by atoms with E-state index in [0.717, 1.165) is 27.8 Å². The van der Waals surface area contributed by atoms with Crippen molar-refractivity contribution in [2.75, 3.05) is 26.2 Å². The number of carbonyl (C=O) groups is 1. The van der Waals surface area contributed by atoms with Crippen LogP contribution in [0.15, 0.2) is 4.90 Å². The monoisotopic (exact) mass is 409 g/mol. The van der Waals surface area contributed by atoms with Crippen molar-refractivity contribution < 1.29 is 13.2 Å². The van der Waals surface area contributed by atoms with Crippen LogP contribution in [0.3, 0.4) is 0 Å². The fraction of sp³-hybridized carbons (Fsp3) is 0.667. The van der Waals surface area contributed by atoms with Gasteiger partial charge in [0.2, 0.25) is 15.9 Å². The Hall–Kier alpha value is -1.44. The Bertz CT molecular complexity index is 825. The van der Waals surface area contributed by atoms with Crippen molar-refractivity contribution in [1.29, 1.82) is 0 Å². The molecule has 1 aliphatic rings. The number of benzene rings is 1. The highest BCUT2D eigenvalue weighted by Gasteiger charge is 2.34. The van der Waals surface area contributed by atoms with Crippen LogP contribution in [0.25, 0.3) is 0 Å². The summed E-state index contributed by atoms with van der Waals surface area (Å²) in [5.74, 6) is -0.0113. The van der Waals surface area contributed by atoms with E-state index in [4.69, 9.17) is 0 Å². The summed E-state index contributed by atoms with van der Waals surface area (Å²) in [6, 6.07) is -0.171. The zero-order chi connectivity index (χ0) is 21.4. The van der Waals surface area contributed by atoms with Gasteiger partial charge < -0.3 is 5.32 Å². The number of nitrogens with zero attached hydrogens (tertiary/aromatic N) is 2. The van der Waals surface area contributed by atoms with Crippen LogP contribution < -0.4 is 5.32 Å². The Labute approximate surface area is 170 Å². The molecule has 1 N–H and O–H groups in total. The molecule has 6 nitrogen and oxygen atoms in total. The number of amides is 1. The Morgan fingerprint density at radius 1 is 0.821 bits per heavy atom. The van der Waals surface area contributed by atoms with Crippen molar-refractivity contribution in [2.45, 2.75) is 72.4 Å². The van der Waals surface area contributed by atoms with Crippen molar-refractivity contribution in [1.82, 2.24) is 14.5 Å². The maximum atomic E-state index is 13.4. The van der Waals surface area contributed by atoms with Crippen LogP contribution >= 0.6 is 0 Å². The molecule has 0 aromatic heterocycles. The molecular formula is C21H35N3O3S. The average Bonchev–Trinajstić information content (AvgIpc) is 2.63. The highest BCUT2D eigenvalue weighted by Crippen LogP contribution is 2.32. The van der Waals surface area contributed by atoms with Crippen molar-refractivity contribution in [3.8, 4) is 0 Å². The lowest BCUT2D eigenvalue weighted by molar-refractivity contribution is -0.126. The predicted octanol–water partition coefficient (Wildman–Crippen LogP) is 2.45. The van der Waals surface area contributed by atoms with Gasteiger partial charge in [-0.15, -0.1) is 0 Å². The SMILES string of the molecule is Cc1c(C)c(C)c(S(=O)(=O)N2CCN(C(C)C(=O)NC(C)C)CC2)c(C)c1C. The molecular weight excluding hydrogens is 374 g/mol. The lowest BCUT2D eigenvalue weighted by Gasteiger charge is -2.37. The van der Waals surface area contributed by atoms with Gasteiger partial charge in [-0.3, -0.25) is 9.69 Å². The van der Waals surface area contributed by atoms with E-state index in [1.807, 2.05) is 55.4 Å². The van der Waals surface area contributed by atoms with Crippen molar-refractivity contribution >= 4 is 15.9 Å². The molecule has 7 heteroatoms. The summed E-state index contributed by atoms with van der Waals surface area (Å²) in [5, 5.41) is 2.93. The van der Waals surface area contributed by atoms with Crippen molar-refractivity contribution in [3.05, 3.63) is 27.8 Å². The molecule has 1 atom stereocenters. The third-order valence-electron chi connectivity index (χ3n) is 6.16. The number of rotatable bonds is 5. The van der Waals surface area contributed by atoms with Crippen LogP contribution in [0, 0.1) is 34.6 Å². The molecule has 0 radical (unpaired) electrons. The molecule has 2 rings (SSSR count). The Morgan fingerprint density at radius 3 is 1.68 bits per heavy atom. The van der Waals surface area contributed by atoms with Gasteiger partial charge in [0.15, 0.2) is 0 Å². The Kier molecular flexibility index (Phi) is 6.94. The van der Waals surface area contributed by atoms with E-state index in [-0.39, 0.29) is 18.0 Å². The molecule has 1 aromatic rings. The molecule has 0 aliphatic carbocycles. The summed E-state index contributed by atoms with van der Waals surface area (Å²) in [5.41, 5.74) is 4.92. The normalized spacial score (nSPS) is 17.8. The van der Waals surface area contributed by atoms with Gasteiger partial charge in [-0.2, -0.15) is 4.31 Å². The molecule has 0 bridgehead atoms. The predicted molar refractivity (Wildman–Crippen MR) is 113 cm³/mol. The van der Waals surface area contributed by atoms with Crippen LogP contribution in [-0.4, -0.2) is 61.8 Å². The van der Waals surface area contributed by atoms with E-state index in [1.54, 1.807) is 4.31 Å². The molecule has 28 heavy (non-hydrogen) atoms. The van der Waals surface area contributed by atoms with Crippen LogP contribution in [0.4, 0.5) is 0 Å². The molecule has 1 aromatic carbocycles. The number of nitrogens with one attached hydrogen (secondary N) is 1. The van der Waals surface area contributed by atoms with Crippen LogP contribution in [0.2, 0.25) is 0 Å². The van der Waals surface area contributed by atoms with Gasteiger partial charge >= 0.3 is 0 Å². The highest BCUT2D eigenvalue weighted by atomic mass is 32.2. The van der Waals surface area contributed by atoms with E-state index in [9.17, 15) is 13.2 Å². The fourth-order valence-electron chi connectivity index (χ4n) is 3.88. The zero-order valence-electron chi connectivity index (χ0n) is 18.5. The second kappa shape index (κ2) is 8.51. The van der Waals surface area contributed by atoms with Gasteiger partial charge in [0.25, 0.3) is 0 Å². The summed E-state index contributed by atoms with van der Waals surface area (Å²) >= 11 is 0. The van der Waals surface area contributed by atoms with E-state index in [2.05, 4.69) is 10.2 Å². The number of carbonyl (C=O) groups excluding carboxylic acids is 1. The molecule has 0 saturated carbocycles. The molecule has 1 heterocycles.